The first kappa shape index (κ1) is 15.3. The zero-order chi connectivity index (χ0) is 13.2. The van der Waals surface area contributed by atoms with E-state index in [0.717, 1.165) is 30.6 Å². The number of allylic oxidation sites excluding steroid dienone is 1. The van der Waals surface area contributed by atoms with Crippen LogP contribution >= 0.6 is 0 Å². The summed E-state index contributed by atoms with van der Waals surface area (Å²) < 4.78 is 5.25. The van der Waals surface area contributed by atoms with Gasteiger partial charge in [-0.2, -0.15) is 0 Å². The third kappa shape index (κ3) is 5.24. The molecule has 1 fully saturated rings. The first-order valence-electron chi connectivity index (χ1n) is 7.58. The predicted molar refractivity (Wildman–Crippen MR) is 75.4 cm³/mol. The molecule has 0 saturated heterocycles. The molecule has 0 heterocycles. The van der Waals surface area contributed by atoms with Gasteiger partial charge in [0.1, 0.15) is 6.29 Å². The number of hydrogen-bond acceptors (Lipinski definition) is 2. The third-order valence-electron chi connectivity index (χ3n) is 4.06. The standard InChI is InChI=1S/C16H28O2/c1-3-5-6-7-14-8-10-15(11-9-14)16(12-17)13-18-4-2/h12-15H,3-11H2,1-2H3. The van der Waals surface area contributed by atoms with Gasteiger partial charge in [-0.1, -0.05) is 32.6 Å². The molecule has 0 atom stereocenters. The second-order valence-corrected chi connectivity index (χ2v) is 5.40. The summed E-state index contributed by atoms with van der Waals surface area (Å²) in [4.78, 5) is 11.1. The number of hydrogen-bond donors (Lipinski definition) is 0. The van der Waals surface area contributed by atoms with Gasteiger partial charge in [0.05, 0.1) is 12.9 Å². The maximum atomic E-state index is 11.1. The lowest BCUT2D eigenvalue weighted by molar-refractivity contribution is -0.105. The normalized spacial score (nSPS) is 24.9. The van der Waals surface area contributed by atoms with Gasteiger partial charge in [-0.15, -0.1) is 0 Å². The highest BCUT2D eigenvalue weighted by Crippen LogP contribution is 2.35. The van der Waals surface area contributed by atoms with E-state index in [1.165, 1.54) is 38.5 Å². The predicted octanol–water partition coefficient (Wildman–Crippen LogP) is 4.49. The number of ether oxygens (including phenoxy) is 1. The molecule has 2 heteroatoms. The largest absolute Gasteiger partial charge is 0.501 e. The Hall–Kier alpha value is -0.790. The maximum absolute atomic E-state index is 11.1. The molecule has 0 amide bonds. The average molecular weight is 252 g/mol. The lowest BCUT2D eigenvalue weighted by Gasteiger charge is -2.28. The van der Waals surface area contributed by atoms with Crippen LogP contribution in [0.2, 0.25) is 0 Å². The van der Waals surface area contributed by atoms with Crippen molar-refractivity contribution in [3.8, 4) is 0 Å². The minimum absolute atomic E-state index is 0.441. The highest BCUT2D eigenvalue weighted by molar-refractivity contribution is 5.73. The number of carbonyl (C=O) groups is 1. The Balaban J connectivity index is 2.31. The molecular formula is C16H28O2. The van der Waals surface area contributed by atoms with Crippen molar-refractivity contribution in [1.29, 1.82) is 0 Å². The van der Waals surface area contributed by atoms with Crippen LogP contribution in [0.15, 0.2) is 11.8 Å². The van der Waals surface area contributed by atoms with Crippen molar-refractivity contribution in [2.24, 2.45) is 11.8 Å². The molecule has 1 saturated carbocycles. The lowest BCUT2D eigenvalue weighted by Crippen LogP contribution is -2.17. The average Bonchev–Trinajstić information content (AvgIpc) is 2.41. The van der Waals surface area contributed by atoms with Crippen LogP contribution in [-0.4, -0.2) is 12.9 Å². The molecular weight excluding hydrogens is 224 g/mol. The van der Waals surface area contributed by atoms with Gasteiger partial charge in [0.25, 0.3) is 0 Å². The van der Waals surface area contributed by atoms with Gasteiger partial charge in [-0.05, 0) is 44.4 Å². The summed E-state index contributed by atoms with van der Waals surface area (Å²) in [5.41, 5.74) is 0.865. The smallest absolute Gasteiger partial charge is 0.149 e. The molecule has 0 unspecified atom stereocenters. The fourth-order valence-electron chi connectivity index (χ4n) is 2.87. The number of aldehydes is 1. The van der Waals surface area contributed by atoms with Crippen LogP contribution in [0.5, 0.6) is 0 Å². The third-order valence-corrected chi connectivity index (χ3v) is 4.06. The Morgan fingerprint density at radius 1 is 1.17 bits per heavy atom. The van der Waals surface area contributed by atoms with Crippen molar-refractivity contribution in [2.45, 2.75) is 65.2 Å². The van der Waals surface area contributed by atoms with Crippen molar-refractivity contribution < 1.29 is 9.53 Å². The molecule has 0 aliphatic heterocycles. The van der Waals surface area contributed by atoms with Gasteiger partial charge in [0.2, 0.25) is 0 Å². The summed E-state index contributed by atoms with van der Waals surface area (Å²) in [5, 5.41) is 0. The lowest BCUT2D eigenvalue weighted by atomic mass is 9.77. The van der Waals surface area contributed by atoms with Gasteiger partial charge in [0.15, 0.2) is 0 Å². The van der Waals surface area contributed by atoms with Gasteiger partial charge < -0.3 is 4.74 Å². The highest BCUT2D eigenvalue weighted by Gasteiger charge is 2.23. The Labute approximate surface area is 112 Å². The molecule has 1 aliphatic carbocycles. The summed E-state index contributed by atoms with van der Waals surface area (Å²) in [6.45, 7) is 4.85. The van der Waals surface area contributed by atoms with E-state index in [1.807, 2.05) is 6.92 Å². The van der Waals surface area contributed by atoms with E-state index in [4.69, 9.17) is 4.74 Å². The number of unbranched alkanes of at least 4 members (excludes halogenated alkanes) is 2. The van der Waals surface area contributed by atoms with Gasteiger partial charge in [-0.3, -0.25) is 4.79 Å². The minimum Gasteiger partial charge on any atom is -0.501 e. The van der Waals surface area contributed by atoms with E-state index in [-0.39, 0.29) is 0 Å². The zero-order valence-corrected chi connectivity index (χ0v) is 12.0. The molecule has 0 aromatic rings. The molecule has 18 heavy (non-hydrogen) atoms. The van der Waals surface area contributed by atoms with Crippen LogP contribution in [0.3, 0.4) is 0 Å². The fraction of sp³-hybridized carbons (Fsp3) is 0.812. The van der Waals surface area contributed by atoms with Crippen molar-refractivity contribution >= 4 is 6.29 Å². The second-order valence-electron chi connectivity index (χ2n) is 5.40. The van der Waals surface area contributed by atoms with E-state index in [1.54, 1.807) is 6.26 Å². The van der Waals surface area contributed by atoms with Crippen LogP contribution in [0, 0.1) is 11.8 Å². The molecule has 0 spiro atoms. The summed E-state index contributed by atoms with van der Waals surface area (Å²) in [6, 6.07) is 0. The number of carbonyl (C=O) groups excluding carboxylic acids is 1. The Bertz CT molecular complexity index is 250. The second kappa shape index (κ2) is 9.18. The molecule has 0 aromatic heterocycles. The van der Waals surface area contributed by atoms with E-state index in [0.29, 0.717) is 12.5 Å². The molecule has 0 N–H and O–H groups in total. The van der Waals surface area contributed by atoms with Gasteiger partial charge in [0, 0.05) is 5.57 Å². The highest BCUT2D eigenvalue weighted by atomic mass is 16.5. The van der Waals surface area contributed by atoms with E-state index < -0.39 is 0 Å². The maximum Gasteiger partial charge on any atom is 0.149 e. The molecule has 1 aliphatic rings. The summed E-state index contributed by atoms with van der Waals surface area (Å²) in [6.07, 6.45) is 13.0. The topological polar surface area (TPSA) is 26.3 Å². The molecule has 2 nitrogen and oxygen atoms in total. The molecule has 0 bridgehead atoms. The van der Waals surface area contributed by atoms with Crippen molar-refractivity contribution in [3.05, 3.63) is 11.8 Å². The summed E-state index contributed by atoms with van der Waals surface area (Å²) >= 11 is 0. The van der Waals surface area contributed by atoms with Crippen LogP contribution in [0.1, 0.15) is 65.2 Å². The van der Waals surface area contributed by atoms with Gasteiger partial charge >= 0.3 is 0 Å². The van der Waals surface area contributed by atoms with E-state index in [9.17, 15) is 4.79 Å². The van der Waals surface area contributed by atoms with Crippen LogP contribution in [0.4, 0.5) is 0 Å². The molecule has 104 valence electrons. The van der Waals surface area contributed by atoms with Crippen molar-refractivity contribution in [2.75, 3.05) is 6.61 Å². The summed E-state index contributed by atoms with van der Waals surface area (Å²) in [5.74, 6) is 1.34. The Morgan fingerprint density at radius 3 is 2.44 bits per heavy atom. The van der Waals surface area contributed by atoms with Crippen LogP contribution in [0.25, 0.3) is 0 Å². The fourth-order valence-corrected chi connectivity index (χ4v) is 2.87. The number of rotatable bonds is 8. The minimum atomic E-state index is 0.441. The Morgan fingerprint density at radius 2 is 1.89 bits per heavy atom. The van der Waals surface area contributed by atoms with Crippen LogP contribution in [-0.2, 0) is 9.53 Å². The zero-order valence-electron chi connectivity index (χ0n) is 12.0. The van der Waals surface area contributed by atoms with Crippen molar-refractivity contribution in [1.82, 2.24) is 0 Å². The first-order valence-corrected chi connectivity index (χ1v) is 7.58. The van der Waals surface area contributed by atoms with Gasteiger partial charge in [-0.25, -0.2) is 0 Å². The van der Waals surface area contributed by atoms with Crippen LogP contribution < -0.4 is 0 Å². The summed E-state index contributed by atoms with van der Waals surface area (Å²) in [7, 11) is 0. The SMILES string of the molecule is CCCCCC1CCC(C(C=O)=COCC)CC1. The van der Waals surface area contributed by atoms with Crippen molar-refractivity contribution in [3.63, 3.8) is 0 Å². The first-order chi connectivity index (χ1) is 8.81. The molecule has 0 aromatic carbocycles. The Kier molecular flexibility index (Phi) is 7.79. The molecule has 0 radical (unpaired) electrons. The van der Waals surface area contributed by atoms with E-state index >= 15 is 0 Å². The molecule has 1 rings (SSSR count). The monoisotopic (exact) mass is 252 g/mol. The quantitative estimate of drug-likeness (QED) is 0.275. The van der Waals surface area contributed by atoms with E-state index in [2.05, 4.69) is 6.92 Å².